The lowest BCUT2D eigenvalue weighted by atomic mass is 9.96. The zero-order valence-electron chi connectivity index (χ0n) is 11.9. The molecule has 0 aliphatic heterocycles. The van der Waals surface area contributed by atoms with E-state index in [0.717, 1.165) is 23.9 Å². The molecular formula is C16H31N. The van der Waals surface area contributed by atoms with Crippen LogP contribution < -0.4 is 5.32 Å². The van der Waals surface area contributed by atoms with Crippen LogP contribution in [0, 0.1) is 11.8 Å². The summed E-state index contributed by atoms with van der Waals surface area (Å²) in [6.07, 6.45) is 14.5. The summed E-state index contributed by atoms with van der Waals surface area (Å²) in [4.78, 5) is 0. The van der Waals surface area contributed by atoms with Gasteiger partial charge < -0.3 is 5.32 Å². The fourth-order valence-corrected chi connectivity index (χ4v) is 3.92. The van der Waals surface area contributed by atoms with Crippen molar-refractivity contribution in [3.8, 4) is 0 Å². The summed E-state index contributed by atoms with van der Waals surface area (Å²) in [6, 6.07) is 1.59. The molecule has 0 amide bonds. The third-order valence-corrected chi connectivity index (χ3v) is 5.27. The summed E-state index contributed by atoms with van der Waals surface area (Å²) in [5.74, 6) is 1.99. The fourth-order valence-electron chi connectivity index (χ4n) is 3.92. The van der Waals surface area contributed by atoms with Crippen LogP contribution in [-0.4, -0.2) is 12.1 Å². The molecule has 0 radical (unpaired) electrons. The van der Waals surface area contributed by atoms with E-state index in [1.807, 2.05) is 0 Å². The summed E-state index contributed by atoms with van der Waals surface area (Å²) in [6.45, 7) is 4.79. The van der Waals surface area contributed by atoms with Gasteiger partial charge in [-0.1, -0.05) is 39.0 Å². The quantitative estimate of drug-likeness (QED) is 0.709. The second-order valence-corrected chi connectivity index (χ2v) is 6.48. The van der Waals surface area contributed by atoms with E-state index in [4.69, 9.17) is 0 Å². The minimum absolute atomic E-state index is 0.765. The topological polar surface area (TPSA) is 12.0 Å². The maximum absolute atomic E-state index is 3.95. The van der Waals surface area contributed by atoms with Crippen molar-refractivity contribution < 1.29 is 0 Å². The largest absolute Gasteiger partial charge is 0.311 e. The Balaban J connectivity index is 1.74. The molecule has 2 rings (SSSR count). The average Bonchev–Trinajstić information content (AvgIpc) is 2.78. The molecule has 1 heteroatoms. The Morgan fingerprint density at radius 3 is 2.41 bits per heavy atom. The average molecular weight is 237 g/mol. The lowest BCUT2D eigenvalue weighted by Gasteiger charge is -2.26. The van der Waals surface area contributed by atoms with Crippen LogP contribution in [0.25, 0.3) is 0 Å². The summed E-state index contributed by atoms with van der Waals surface area (Å²) in [5, 5.41) is 3.95. The number of nitrogens with one attached hydrogen (secondary N) is 1. The van der Waals surface area contributed by atoms with Crippen LogP contribution in [0.5, 0.6) is 0 Å². The molecule has 17 heavy (non-hydrogen) atoms. The zero-order chi connectivity index (χ0) is 12.1. The van der Waals surface area contributed by atoms with Crippen molar-refractivity contribution in [2.75, 3.05) is 0 Å². The first-order chi connectivity index (χ1) is 8.29. The third-order valence-electron chi connectivity index (χ3n) is 5.27. The molecule has 2 fully saturated rings. The molecule has 2 saturated carbocycles. The van der Waals surface area contributed by atoms with Crippen molar-refractivity contribution in [2.24, 2.45) is 11.8 Å². The summed E-state index contributed by atoms with van der Waals surface area (Å²) in [5.41, 5.74) is 0. The Bertz CT molecular complexity index is 208. The van der Waals surface area contributed by atoms with Gasteiger partial charge in [-0.15, -0.1) is 0 Å². The van der Waals surface area contributed by atoms with Crippen LogP contribution in [0.1, 0.15) is 78.1 Å². The van der Waals surface area contributed by atoms with Crippen molar-refractivity contribution in [2.45, 2.75) is 90.1 Å². The summed E-state index contributed by atoms with van der Waals surface area (Å²) in [7, 11) is 0. The number of hydrogen-bond acceptors (Lipinski definition) is 1. The van der Waals surface area contributed by atoms with Crippen LogP contribution in [0.15, 0.2) is 0 Å². The highest BCUT2D eigenvalue weighted by Crippen LogP contribution is 2.30. The summed E-state index contributed by atoms with van der Waals surface area (Å²) < 4.78 is 0. The van der Waals surface area contributed by atoms with Gasteiger partial charge in [-0.05, 0) is 50.9 Å². The van der Waals surface area contributed by atoms with E-state index >= 15 is 0 Å². The Morgan fingerprint density at radius 1 is 0.941 bits per heavy atom. The van der Waals surface area contributed by atoms with Gasteiger partial charge in [-0.3, -0.25) is 0 Å². The molecule has 0 spiro atoms. The SMILES string of the molecule is CCC1CCCC(NC(C)C2CCCC2)CC1. The molecule has 1 nitrogen and oxygen atoms in total. The lowest BCUT2D eigenvalue weighted by Crippen LogP contribution is -2.40. The van der Waals surface area contributed by atoms with Crippen LogP contribution in [0.2, 0.25) is 0 Å². The molecule has 0 aromatic carbocycles. The minimum atomic E-state index is 0.765. The minimum Gasteiger partial charge on any atom is -0.311 e. The van der Waals surface area contributed by atoms with E-state index in [2.05, 4.69) is 19.2 Å². The van der Waals surface area contributed by atoms with Gasteiger partial charge in [0.25, 0.3) is 0 Å². The van der Waals surface area contributed by atoms with E-state index in [0.29, 0.717) is 0 Å². The normalized spacial score (nSPS) is 33.5. The molecule has 1 N–H and O–H groups in total. The highest BCUT2D eigenvalue weighted by Gasteiger charge is 2.24. The first-order valence-corrected chi connectivity index (χ1v) is 8.05. The van der Waals surface area contributed by atoms with E-state index in [1.54, 1.807) is 0 Å². The van der Waals surface area contributed by atoms with Gasteiger partial charge in [0.1, 0.15) is 0 Å². The Morgan fingerprint density at radius 2 is 1.71 bits per heavy atom. The van der Waals surface area contributed by atoms with Crippen LogP contribution in [-0.2, 0) is 0 Å². The van der Waals surface area contributed by atoms with Gasteiger partial charge in [0, 0.05) is 12.1 Å². The van der Waals surface area contributed by atoms with E-state index in [1.165, 1.54) is 64.2 Å². The Kier molecular flexibility index (Phi) is 5.34. The van der Waals surface area contributed by atoms with Gasteiger partial charge in [0.15, 0.2) is 0 Å². The number of hydrogen-bond donors (Lipinski definition) is 1. The van der Waals surface area contributed by atoms with Crippen molar-refractivity contribution in [3.05, 3.63) is 0 Å². The van der Waals surface area contributed by atoms with E-state index in [9.17, 15) is 0 Å². The highest BCUT2D eigenvalue weighted by atomic mass is 15.0. The van der Waals surface area contributed by atoms with Crippen molar-refractivity contribution in [1.29, 1.82) is 0 Å². The van der Waals surface area contributed by atoms with E-state index < -0.39 is 0 Å². The van der Waals surface area contributed by atoms with E-state index in [-0.39, 0.29) is 0 Å². The van der Waals surface area contributed by atoms with Gasteiger partial charge in [0.2, 0.25) is 0 Å². The molecule has 3 unspecified atom stereocenters. The molecule has 2 aliphatic rings. The highest BCUT2D eigenvalue weighted by molar-refractivity contribution is 4.82. The smallest absolute Gasteiger partial charge is 0.00697 e. The second-order valence-electron chi connectivity index (χ2n) is 6.48. The fraction of sp³-hybridized carbons (Fsp3) is 1.00. The van der Waals surface area contributed by atoms with Crippen molar-refractivity contribution in [1.82, 2.24) is 5.32 Å². The van der Waals surface area contributed by atoms with Crippen LogP contribution >= 0.6 is 0 Å². The molecule has 0 saturated heterocycles. The predicted molar refractivity (Wildman–Crippen MR) is 75.2 cm³/mol. The molecule has 0 bridgehead atoms. The lowest BCUT2D eigenvalue weighted by molar-refractivity contribution is 0.321. The molecule has 2 aliphatic carbocycles. The van der Waals surface area contributed by atoms with Crippen LogP contribution in [0.4, 0.5) is 0 Å². The van der Waals surface area contributed by atoms with Gasteiger partial charge >= 0.3 is 0 Å². The molecule has 0 aromatic heterocycles. The first kappa shape index (κ1) is 13.4. The molecule has 100 valence electrons. The predicted octanol–water partition coefficient (Wildman–Crippen LogP) is 4.51. The van der Waals surface area contributed by atoms with Crippen molar-refractivity contribution >= 4 is 0 Å². The first-order valence-electron chi connectivity index (χ1n) is 8.05. The molecule has 0 heterocycles. The standard InChI is InChI=1S/C16H31N/c1-3-14-7-6-10-16(12-11-14)17-13(2)15-8-4-5-9-15/h13-17H,3-12H2,1-2H3. The molecular weight excluding hydrogens is 206 g/mol. The number of rotatable bonds is 4. The summed E-state index contributed by atoms with van der Waals surface area (Å²) >= 11 is 0. The van der Waals surface area contributed by atoms with Gasteiger partial charge in [-0.25, -0.2) is 0 Å². The second kappa shape index (κ2) is 6.78. The van der Waals surface area contributed by atoms with Crippen molar-refractivity contribution in [3.63, 3.8) is 0 Å². The maximum atomic E-state index is 3.95. The molecule has 3 atom stereocenters. The zero-order valence-corrected chi connectivity index (χ0v) is 11.9. The Labute approximate surface area is 108 Å². The third kappa shape index (κ3) is 3.98. The molecule has 0 aromatic rings. The van der Waals surface area contributed by atoms with Crippen LogP contribution in [0.3, 0.4) is 0 Å². The van der Waals surface area contributed by atoms with Gasteiger partial charge in [0.05, 0.1) is 0 Å². The Hall–Kier alpha value is -0.0400. The maximum Gasteiger partial charge on any atom is 0.00697 e. The monoisotopic (exact) mass is 237 g/mol. The van der Waals surface area contributed by atoms with Gasteiger partial charge in [-0.2, -0.15) is 0 Å².